The van der Waals surface area contributed by atoms with Crippen LogP contribution >= 0.6 is 0 Å². The molecule has 110 valence electrons. The van der Waals surface area contributed by atoms with E-state index in [2.05, 4.69) is 17.3 Å². The Morgan fingerprint density at radius 2 is 2.32 bits per heavy atom. The molecule has 2 atom stereocenters. The largest absolute Gasteiger partial charge is 0.383 e. The molecule has 2 saturated heterocycles. The van der Waals surface area contributed by atoms with Crippen molar-refractivity contribution in [3.05, 3.63) is 0 Å². The van der Waals surface area contributed by atoms with Crippen LogP contribution in [-0.4, -0.2) is 75.2 Å². The van der Waals surface area contributed by atoms with Gasteiger partial charge in [-0.15, -0.1) is 0 Å². The van der Waals surface area contributed by atoms with Gasteiger partial charge in [0.25, 0.3) is 0 Å². The summed E-state index contributed by atoms with van der Waals surface area (Å²) >= 11 is 0. The molecule has 1 N–H and O–H groups in total. The fraction of sp³-hybridized carbons (Fsp3) is 0.929. The van der Waals surface area contributed by atoms with Gasteiger partial charge in [-0.2, -0.15) is 0 Å². The number of hydrogen-bond donors (Lipinski definition) is 1. The molecule has 0 bridgehead atoms. The molecule has 0 aromatic rings. The van der Waals surface area contributed by atoms with Gasteiger partial charge in [-0.05, 0) is 39.4 Å². The highest BCUT2D eigenvalue weighted by Crippen LogP contribution is 2.18. The van der Waals surface area contributed by atoms with Gasteiger partial charge < -0.3 is 19.9 Å². The van der Waals surface area contributed by atoms with Crippen molar-refractivity contribution in [3.8, 4) is 0 Å². The summed E-state index contributed by atoms with van der Waals surface area (Å²) in [5.41, 5.74) is 0. The Morgan fingerprint density at radius 3 is 2.89 bits per heavy atom. The Balaban J connectivity index is 1.89. The number of carbonyl (C=O) groups excluding carboxylic acids is 1. The smallest absolute Gasteiger partial charge is 0.227 e. The Labute approximate surface area is 116 Å². The van der Waals surface area contributed by atoms with E-state index >= 15 is 0 Å². The number of hydrogen-bond acceptors (Lipinski definition) is 4. The molecule has 2 unspecified atom stereocenters. The first kappa shape index (κ1) is 14.8. The van der Waals surface area contributed by atoms with Gasteiger partial charge in [0.1, 0.15) is 0 Å². The SMILES string of the molecule is COCCN(CC1CCCN1)C(=O)C1CCN(C)C1. The molecule has 2 aliphatic heterocycles. The Kier molecular flexibility index (Phi) is 5.60. The fourth-order valence-electron chi connectivity index (χ4n) is 3.07. The highest BCUT2D eigenvalue weighted by molar-refractivity contribution is 5.79. The van der Waals surface area contributed by atoms with Gasteiger partial charge in [-0.25, -0.2) is 0 Å². The lowest BCUT2D eigenvalue weighted by Crippen LogP contribution is -2.45. The van der Waals surface area contributed by atoms with Crippen molar-refractivity contribution in [3.63, 3.8) is 0 Å². The van der Waals surface area contributed by atoms with E-state index in [9.17, 15) is 4.79 Å². The molecule has 0 radical (unpaired) electrons. The molecule has 2 rings (SSSR count). The maximum absolute atomic E-state index is 12.6. The van der Waals surface area contributed by atoms with Crippen LogP contribution in [0.25, 0.3) is 0 Å². The van der Waals surface area contributed by atoms with Crippen LogP contribution in [0, 0.1) is 5.92 Å². The molecule has 1 amide bonds. The number of methoxy groups -OCH3 is 1. The molecule has 0 saturated carbocycles. The van der Waals surface area contributed by atoms with Gasteiger partial charge in [-0.1, -0.05) is 0 Å². The molecule has 2 aliphatic rings. The second-order valence-electron chi connectivity index (χ2n) is 5.82. The third kappa shape index (κ3) is 4.16. The zero-order chi connectivity index (χ0) is 13.7. The van der Waals surface area contributed by atoms with Gasteiger partial charge in [0.15, 0.2) is 0 Å². The molecule has 5 heteroatoms. The number of nitrogens with one attached hydrogen (secondary N) is 1. The van der Waals surface area contributed by atoms with Gasteiger partial charge in [0.05, 0.1) is 12.5 Å². The second-order valence-corrected chi connectivity index (χ2v) is 5.82. The summed E-state index contributed by atoms with van der Waals surface area (Å²) in [7, 11) is 3.78. The topological polar surface area (TPSA) is 44.8 Å². The van der Waals surface area contributed by atoms with Crippen LogP contribution in [0.1, 0.15) is 19.3 Å². The van der Waals surface area contributed by atoms with Crippen LogP contribution in [0.15, 0.2) is 0 Å². The summed E-state index contributed by atoms with van der Waals surface area (Å²) < 4.78 is 5.15. The lowest BCUT2D eigenvalue weighted by atomic mass is 10.1. The van der Waals surface area contributed by atoms with Crippen molar-refractivity contribution in [2.45, 2.75) is 25.3 Å². The van der Waals surface area contributed by atoms with E-state index in [1.165, 1.54) is 12.8 Å². The van der Waals surface area contributed by atoms with Gasteiger partial charge in [0, 0.05) is 32.8 Å². The first-order chi connectivity index (χ1) is 9.20. The van der Waals surface area contributed by atoms with Crippen molar-refractivity contribution in [2.24, 2.45) is 5.92 Å². The maximum Gasteiger partial charge on any atom is 0.227 e. The highest BCUT2D eigenvalue weighted by atomic mass is 16.5. The molecular formula is C14H27N3O2. The van der Waals surface area contributed by atoms with E-state index in [0.29, 0.717) is 25.1 Å². The predicted octanol–water partition coefficient (Wildman–Crippen LogP) is 0.165. The molecule has 0 spiro atoms. The fourth-order valence-corrected chi connectivity index (χ4v) is 3.07. The summed E-state index contributed by atoms with van der Waals surface area (Å²) in [5.74, 6) is 0.498. The van der Waals surface area contributed by atoms with Gasteiger partial charge >= 0.3 is 0 Å². The minimum Gasteiger partial charge on any atom is -0.383 e. The molecule has 0 aromatic carbocycles. The van der Waals surface area contributed by atoms with E-state index < -0.39 is 0 Å². The van der Waals surface area contributed by atoms with Gasteiger partial charge in [-0.3, -0.25) is 4.79 Å². The molecular weight excluding hydrogens is 242 g/mol. The molecule has 19 heavy (non-hydrogen) atoms. The maximum atomic E-state index is 12.6. The van der Waals surface area contributed by atoms with E-state index in [0.717, 1.165) is 32.6 Å². The second kappa shape index (κ2) is 7.22. The first-order valence-electron chi connectivity index (χ1n) is 7.40. The number of rotatable bonds is 6. The molecule has 5 nitrogen and oxygen atoms in total. The Bertz CT molecular complexity index is 292. The predicted molar refractivity (Wildman–Crippen MR) is 75.1 cm³/mol. The molecule has 2 fully saturated rings. The molecule has 2 heterocycles. The van der Waals surface area contributed by atoms with Crippen molar-refractivity contribution in [2.75, 3.05) is 53.5 Å². The van der Waals surface area contributed by atoms with Crippen molar-refractivity contribution in [1.29, 1.82) is 0 Å². The average Bonchev–Trinajstić information content (AvgIpc) is 3.05. The summed E-state index contributed by atoms with van der Waals surface area (Å²) in [6.07, 6.45) is 3.40. The minimum atomic E-state index is 0.184. The van der Waals surface area contributed by atoms with Crippen molar-refractivity contribution < 1.29 is 9.53 Å². The number of nitrogens with zero attached hydrogens (tertiary/aromatic N) is 2. The summed E-state index contributed by atoms with van der Waals surface area (Å²) in [6.45, 7) is 5.21. The Morgan fingerprint density at radius 1 is 1.47 bits per heavy atom. The minimum absolute atomic E-state index is 0.184. The van der Waals surface area contributed by atoms with Crippen LogP contribution in [0.4, 0.5) is 0 Å². The first-order valence-corrected chi connectivity index (χ1v) is 7.40. The quantitative estimate of drug-likeness (QED) is 0.746. The number of amides is 1. The summed E-state index contributed by atoms with van der Waals surface area (Å²) in [5, 5.41) is 3.47. The lowest BCUT2D eigenvalue weighted by molar-refractivity contribution is -0.136. The third-order valence-electron chi connectivity index (χ3n) is 4.22. The average molecular weight is 269 g/mol. The highest BCUT2D eigenvalue weighted by Gasteiger charge is 2.31. The Hall–Kier alpha value is -0.650. The normalized spacial score (nSPS) is 27.9. The van der Waals surface area contributed by atoms with Crippen molar-refractivity contribution in [1.82, 2.24) is 15.1 Å². The number of likely N-dealkylation sites (tertiary alicyclic amines) is 1. The van der Waals surface area contributed by atoms with Gasteiger partial charge in [0.2, 0.25) is 5.91 Å². The van der Waals surface area contributed by atoms with Crippen LogP contribution < -0.4 is 5.32 Å². The van der Waals surface area contributed by atoms with E-state index in [4.69, 9.17) is 4.74 Å². The monoisotopic (exact) mass is 269 g/mol. The third-order valence-corrected chi connectivity index (χ3v) is 4.22. The molecule has 0 aliphatic carbocycles. The van der Waals surface area contributed by atoms with Crippen LogP contribution in [0.5, 0.6) is 0 Å². The van der Waals surface area contributed by atoms with Crippen LogP contribution in [0.2, 0.25) is 0 Å². The zero-order valence-corrected chi connectivity index (χ0v) is 12.2. The number of carbonyl (C=O) groups is 1. The summed E-state index contributed by atoms with van der Waals surface area (Å²) in [6, 6.07) is 0.472. The summed E-state index contributed by atoms with van der Waals surface area (Å²) in [4.78, 5) is 16.9. The van der Waals surface area contributed by atoms with Crippen LogP contribution in [0.3, 0.4) is 0 Å². The van der Waals surface area contributed by atoms with E-state index in [-0.39, 0.29) is 5.92 Å². The zero-order valence-electron chi connectivity index (χ0n) is 12.2. The van der Waals surface area contributed by atoms with Crippen molar-refractivity contribution >= 4 is 5.91 Å². The van der Waals surface area contributed by atoms with E-state index in [1.807, 2.05) is 4.90 Å². The number of ether oxygens (including phenoxy) is 1. The lowest BCUT2D eigenvalue weighted by Gasteiger charge is -2.28. The molecule has 0 aromatic heterocycles. The van der Waals surface area contributed by atoms with E-state index in [1.54, 1.807) is 7.11 Å². The standard InChI is InChI=1S/C14H27N3O2/c1-16-7-5-12(10-16)14(18)17(8-9-19-2)11-13-4-3-6-15-13/h12-13,15H,3-11H2,1-2H3. The van der Waals surface area contributed by atoms with Crippen LogP contribution in [-0.2, 0) is 9.53 Å².